The molecule has 6 heteroatoms. The number of carbonyl (C=O) groups excluding carboxylic acids is 1. The summed E-state index contributed by atoms with van der Waals surface area (Å²) in [6.45, 7) is 8.58. The molecule has 0 atom stereocenters. The van der Waals surface area contributed by atoms with Crippen molar-refractivity contribution in [3.63, 3.8) is 0 Å². The number of hydrogen-bond donors (Lipinski definition) is 1. The van der Waals surface area contributed by atoms with Crippen LogP contribution in [0.2, 0.25) is 0 Å². The maximum absolute atomic E-state index is 11.9. The highest BCUT2D eigenvalue weighted by atomic mass is 16.2. The monoisotopic (exact) mass is 365 g/mol. The molecule has 0 aliphatic carbocycles. The molecule has 2 aromatic rings. The second-order valence-corrected chi connectivity index (χ2v) is 7.01. The quantitative estimate of drug-likeness (QED) is 0.852. The molecule has 0 bridgehead atoms. The Labute approximate surface area is 160 Å². The van der Waals surface area contributed by atoms with E-state index < -0.39 is 0 Å². The molecular weight excluding hydrogens is 338 g/mol. The lowest BCUT2D eigenvalue weighted by Crippen LogP contribution is -2.46. The Morgan fingerprint density at radius 2 is 1.81 bits per heavy atom. The first-order chi connectivity index (χ1) is 13.1. The standard InChI is InChI=1S/C21H27N5O/c1-17(2)22-21(27)19-10-11-20(24-23-19)26-15-13-25(14-16-26)12-6-9-18-7-4-3-5-8-18/h3-11,17H,12-16H2,1-2H3,(H,22,27)/b9-6+. The predicted molar refractivity (Wildman–Crippen MR) is 109 cm³/mol. The van der Waals surface area contributed by atoms with Gasteiger partial charge in [0, 0.05) is 38.8 Å². The molecule has 0 saturated carbocycles. The smallest absolute Gasteiger partial charge is 0.271 e. The van der Waals surface area contributed by atoms with Gasteiger partial charge in [-0.1, -0.05) is 42.5 Å². The number of piperazine rings is 1. The Morgan fingerprint density at radius 1 is 1.07 bits per heavy atom. The molecule has 1 aromatic heterocycles. The number of nitrogens with one attached hydrogen (secondary N) is 1. The van der Waals surface area contributed by atoms with Gasteiger partial charge in [0.1, 0.15) is 0 Å². The van der Waals surface area contributed by atoms with Crippen molar-refractivity contribution in [1.29, 1.82) is 0 Å². The molecule has 6 nitrogen and oxygen atoms in total. The van der Waals surface area contributed by atoms with Crippen molar-refractivity contribution in [1.82, 2.24) is 20.4 Å². The van der Waals surface area contributed by atoms with E-state index in [0.29, 0.717) is 5.69 Å². The van der Waals surface area contributed by atoms with E-state index in [-0.39, 0.29) is 11.9 Å². The zero-order chi connectivity index (χ0) is 19.1. The number of aromatic nitrogens is 2. The van der Waals surface area contributed by atoms with Crippen molar-refractivity contribution in [3.05, 3.63) is 59.8 Å². The first kappa shape index (κ1) is 19.0. The fourth-order valence-corrected chi connectivity index (χ4v) is 3.01. The van der Waals surface area contributed by atoms with E-state index in [2.05, 4.69) is 61.7 Å². The van der Waals surface area contributed by atoms with Crippen molar-refractivity contribution in [2.45, 2.75) is 19.9 Å². The van der Waals surface area contributed by atoms with E-state index in [9.17, 15) is 4.79 Å². The molecule has 3 rings (SSSR count). The van der Waals surface area contributed by atoms with Gasteiger partial charge in [-0.15, -0.1) is 10.2 Å². The molecule has 1 fully saturated rings. The average molecular weight is 365 g/mol. The number of rotatable bonds is 6. The molecule has 1 aliphatic rings. The van der Waals surface area contributed by atoms with E-state index in [1.807, 2.05) is 26.0 Å². The van der Waals surface area contributed by atoms with Gasteiger partial charge in [-0.3, -0.25) is 9.69 Å². The molecule has 2 heterocycles. The lowest BCUT2D eigenvalue weighted by Gasteiger charge is -2.34. The predicted octanol–water partition coefficient (Wildman–Crippen LogP) is 2.45. The van der Waals surface area contributed by atoms with E-state index in [0.717, 1.165) is 38.5 Å². The number of anilines is 1. The molecule has 1 saturated heterocycles. The summed E-state index contributed by atoms with van der Waals surface area (Å²) in [6, 6.07) is 14.1. The SMILES string of the molecule is CC(C)NC(=O)c1ccc(N2CCN(C/C=C/c3ccccc3)CC2)nn1. The first-order valence-electron chi connectivity index (χ1n) is 9.45. The summed E-state index contributed by atoms with van der Waals surface area (Å²) in [5.41, 5.74) is 1.59. The Kier molecular flexibility index (Phi) is 6.54. The lowest BCUT2D eigenvalue weighted by molar-refractivity contribution is 0.0937. The third-order valence-electron chi connectivity index (χ3n) is 4.47. The zero-order valence-corrected chi connectivity index (χ0v) is 16.0. The maximum Gasteiger partial charge on any atom is 0.271 e. The van der Waals surface area contributed by atoms with Crippen LogP contribution < -0.4 is 10.2 Å². The Morgan fingerprint density at radius 3 is 2.44 bits per heavy atom. The van der Waals surface area contributed by atoms with E-state index in [1.165, 1.54) is 5.56 Å². The third-order valence-corrected chi connectivity index (χ3v) is 4.47. The van der Waals surface area contributed by atoms with Gasteiger partial charge in [-0.05, 0) is 31.5 Å². The Bertz CT molecular complexity index is 750. The normalized spacial score (nSPS) is 15.4. The van der Waals surface area contributed by atoms with Crippen LogP contribution in [0.4, 0.5) is 5.82 Å². The van der Waals surface area contributed by atoms with Crippen LogP contribution in [0.25, 0.3) is 6.08 Å². The van der Waals surface area contributed by atoms with Crippen molar-refractivity contribution < 1.29 is 4.79 Å². The Balaban J connectivity index is 1.47. The third kappa shape index (κ3) is 5.62. The highest BCUT2D eigenvalue weighted by Gasteiger charge is 2.18. The average Bonchev–Trinajstić information content (AvgIpc) is 2.69. The van der Waals surface area contributed by atoms with Crippen molar-refractivity contribution in [2.75, 3.05) is 37.6 Å². The summed E-state index contributed by atoms with van der Waals surface area (Å²) in [4.78, 5) is 16.6. The number of nitrogens with zero attached hydrogens (tertiary/aromatic N) is 4. The highest BCUT2D eigenvalue weighted by Crippen LogP contribution is 2.13. The fourth-order valence-electron chi connectivity index (χ4n) is 3.01. The van der Waals surface area contributed by atoms with Crippen molar-refractivity contribution >= 4 is 17.8 Å². The topological polar surface area (TPSA) is 61.4 Å². The second kappa shape index (κ2) is 9.28. The number of benzene rings is 1. The minimum absolute atomic E-state index is 0.0861. The second-order valence-electron chi connectivity index (χ2n) is 7.01. The van der Waals surface area contributed by atoms with Crippen LogP contribution in [0.1, 0.15) is 29.9 Å². The molecule has 0 spiro atoms. The van der Waals surface area contributed by atoms with Crippen molar-refractivity contribution in [3.8, 4) is 0 Å². The summed E-state index contributed by atoms with van der Waals surface area (Å²) < 4.78 is 0. The molecular formula is C21H27N5O. The summed E-state index contributed by atoms with van der Waals surface area (Å²) in [5.74, 6) is 0.648. The van der Waals surface area contributed by atoms with Crippen LogP contribution in [0, 0.1) is 0 Å². The molecule has 1 amide bonds. The number of carbonyl (C=O) groups is 1. The van der Waals surface area contributed by atoms with Gasteiger partial charge >= 0.3 is 0 Å². The minimum Gasteiger partial charge on any atom is -0.353 e. The number of hydrogen-bond acceptors (Lipinski definition) is 5. The van der Waals surface area contributed by atoms with E-state index in [1.54, 1.807) is 6.07 Å². The van der Waals surface area contributed by atoms with Gasteiger partial charge in [0.2, 0.25) is 0 Å². The Hall–Kier alpha value is -2.73. The largest absolute Gasteiger partial charge is 0.353 e. The van der Waals surface area contributed by atoms with Gasteiger partial charge in [-0.2, -0.15) is 0 Å². The van der Waals surface area contributed by atoms with Gasteiger partial charge < -0.3 is 10.2 Å². The van der Waals surface area contributed by atoms with Gasteiger partial charge in [0.25, 0.3) is 5.91 Å². The van der Waals surface area contributed by atoms with Crippen LogP contribution in [-0.4, -0.2) is 59.8 Å². The number of amides is 1. The maximum atomic E-state index is 11.9. The summed E-state index contributed by atoms with van der Waals surface area (Å²) in [5, 5.41) is 11.1. The van der Waals surface area contributed by atoms with E-state index >= 15 is 0 Å². The summed E-state index contributed by atoms with van der Waals surface area (Å²) in [6.07, 6.45) is 4.38. The molecule has 142 valence electrons. The van der Waals surface area contributed by atoms with Crippen LogP contribution in [0.3, 0.4) is 0 Å². The zero-order valence-electron chi connectivity index (χ0n) is 16.0. The first-order valence-corrected chi connectivity index (χ1v) is 9.45. The minimum atomic E-state index is -0.181. The molecule has 0 unspecified atom stereocenters. The van der Waals surface area contributed by atoms with Crippen LogP contribution in [0.5, 0.6) is 0 Å². The molecule has 27 heavy (non-hydrogen) atoms. The fraction of sp³-hybridized carbons (Fsp3) is 0.381. The van der Waals surface area contributed by atoms with Crippen molar-refractivity contribution in [2.24, 2.45) is 0 Å². The lowest BCUT2D eigenvalue weighted by atomic mass is 10.2. The van der Waals surface area contributed by atoms with Crippen LogP contribution in [-0.2, 0) is 0 Å². The van der Waals surface area contributed by atoms with Gasteiger partial charge in [0.05, 0.1) is 0 Å². The van der Waals surface area contributed by atoms with Crippen LogP contribution in [0.15, 0.2) is 48.5 Å². The highest BCUT2D eigenvalue weighted by molar-refractivity contribution is 5.92. The molecule has 0 radical (unpaired) electrons. The molecule has 1 aliphatic heterocycles. The molecule has 1 aromatic carbocycles. The molecule has 1 N–H and O–H groups in total. The van der Waals surface area contributed by atoms with Gasteiger partial charge in [-0.25, -0.2) is 0 Å². The van der Waals surface area contributed by atoms with Gasteiger partial charge in [0.15, 0.2) is 11.5 Å². The van der Waals surface area contributed by atoms with E-state index in [4.69, 9.17) is 0 Å². The van der Waals surface area contributed by atoms with Crippen LogP contribution >= 0.6 is 0 Å². The summed E-state index contributed by atoms with van der Waals surface area (Å²) >= 11 is 0. The summed E-state index contributed by atoms with van der Waals surface area (Å²) in [7, 11) is 0.